The van der Waals surface area contributed by atoms with E-state index in [1.165, 1.54) is 75.9 Å². The Hall–Kier alpha value is -5.69. The van der Waals surface area contributed by atoms with E-state index >= 15 is 0 Å². The van der Waals surface area contributed by atoms with Crippen LogP contribution in [0.25, 0.3) is 23.3 Å². The third kappa shape index (κ3) is 7.54. The monoisotopic (exact) mass is 596 g/mol. The van der Waals surface area contributed by atoms with Gasteiger partial charge in [0.1, 0.15) is 6.10 Å². The lowest BCUT2D eigenvalue weighted by molar-refractivity contribution is -0.151. The van der Waals surface area contributed by atoms with Crippen LogP contribution in [-0.4, -0.2) is 76.0 Å². The molecule has 0 aliphatic heterocycles. The summed E-state index contributed by atoms with van der Waals surface area (Å²) in [7, 11) is 3.77. The molecule has 0 bridgehead atoms. The maximum absolute atomic E-state index is 12.3. The first-order valence-electron chi connectivity index (χ1n) is 12.3. The molecule has 0 amide bonds. The van der Waals surface area contributed by atoms with Crippen molar-refractivity contribution in [2.45, 2.75) is 12.2 Å². The van der Waals surface area contributed by atoms with Crippen molar-refractivity contribution in [1.82, 2.24) is 0 Å². The minimum atomic E-state index is -1.93. The van der Waals surface area contributed by atoms with Crippen LogP contribution in [0, 0.1) is 0 Å². The molecule has 13 heteroatoms. The molecule has 0 spiro atoms. The lowest BCUT2D eigenvalue weighted by Gasteiger charge is -2.23. The van der Waals surface area contributed by atoms with Gasteiger partial charge in [-0.25, -0.2) is 14.4 Å². The van der Waals surface area contributed by atoms with E-state index in [2.05, 4.69) is 0 Å². The third-order valence-electron chi connectivity index (χ3n) is 6.07. The van der Waals surface area contributed by atoms with Gasteiger partial charge in [0, 0.05) is 23.3 Å². The number of benzene rings is 3. The van der Waals surface area contributed by atoms with E-state index in [0.29, 0.717) is 5.56 Å². The predicted molar refractivity (Wildman–Crippen MR) is 152 cm³/mol. The predicted octanol–water partition coefficient (Wildman–Crippen LogP) is 3.55. The molecule has 6 N–H and O–H groups in total. The number of phenols is 2. The Balaban J connectivity index is 2.11. The number of methoxy groups -OCH3 is 3. The molecule has 2 atom stereocenters. The van der Waals surface area contributed by atoms with Gasteiger partial charge in [-0.3, -0.25) is 0 Å². The first-order valence-corrected chi connectivity index (χ1v) is 12.3. The van der Waals surface area contributed by atoms with Crippen molar-refractivity contribution in [3.05, 3.63) is 71.3 Å². The molecule has 0 heterocycles. The van der Waals surface area contributed by atoms with Gasteiger partial charge in [-0.2, -0.15) is 0 Å². The van der Waals surface area contributed by atoms with Crippen LogP contribution in [0.4, 0.5) is 0 Å². The number of ether oxygens (including phenoxy) is 4. The van der Waals surface area contributed by atoms with Crippen molar-refractivity contribution in [2.24, 2.45) is 0 Å². The summed E-state index contributed by atoms with van der Waals surface area (Å²) in [5.41, 5.74) is 0.445. The first kappa shape index (κ1) is 31.8. The molecule has 3 aromatic carbocycles. The van der Waals surface area contributed by atoms with Crippen LogP contribution in [0.5, 0.6) is 34.5 Å². The van der Waals surface area contributed by atoms with Crippen molar-refractivity contribution < 1.29 is 64.0 Å². The molecule has 0 saturated heterocycles. The highest BCUT2D eigenvalue weighted by molar-refractivity contribution is 5.88. The molecule has 226 valence electrons. The Bertz CT molecular complexity index is 1590. The molecule has 0 radical (unpaired) electrons. The SMILES string of the molecule is COc1cc(C=CC(=O)O)ccc1OC(C(=O)O)C(O)c1cc(OC)c(O)c(-c2cc(C=CC(=O)O)cc(OC)c2O)c1. The van der Waals surface area contributed by atoms with E-state index in [0.717, 1.165) is 12.2 Å². The van der Waals surface area contributed by atoms with Crippen LogP contribution in [0.2, 0.25) is 0 Å². The number of aliphatic carboxylic acids is 3. The highest BCUT2D eigenvalue weighted by Crippen LogP contribution is 2.47. The van der Waals surface area contributed by atoms with Crippen molar-refractivity contribution in [1.29, 1.82) is 0 Å². The Labute approximate surface area is 244 Å². The summed E-state index contributed by atoms with van der Waals surface area (Å²) in [4.78, 5) is 34.1. The number of aliphatic hydroxyl groups excluding tert-OH is 1. The molecule has 0 saturated carbocycles. The van der Waals surface area contributed by atoms with Gasteiger partial charge >= 0.3 is 17.9 Å². The summed E-state index contributed by atoms with van der Waals surface area (Å²) >= 11 is 0. The van der Waals surface area contributed by atoms with E-state index in [1.54, 1.807) is 0 Å². The van der Waals surface area contributed by atoms with Gasteiger partial charge in [0.15, 0.2) is 34.5 Å². The number of aromatic hydroxyl groups is 2. The second-order valence-electron chi connectivity index (χ2n) is 8.81. The summed E-state index contributed by atoms with van der Waals surface area (Å²) in [6.07, 6.45) is 0.477. The molecular formula is C30H28O13. The van der Waals surface area contributed by atoms with Gasteiger partial charge in [-0.15, -0.1) is 0 Å². The zero-order valence-electron chi connectivity index (χ0n) is 23.0. The van der Waals surface area contributed by atoms with Gasteiger partial charge in [-0.05, 0) is 65.2 Å². The normalized spacial score (nSPS) is 12.6. The molecule has 13 nitrogen and oxygen atoms in total. The van der Waals surface area contributed by atoms with Gasteiger partial charge in [-0.1, -0.05) is 6.07 Å². The van der Waals surface area contributed by atoms with Crippen LogP contribution in [0.3, 0.4) is 0 Å². The second kappa shape index (κ2) is 13.8. The van der Waals surface area contributed by atoms with E-state index in [-0.39, 0.29) is 45.3 Å². The van der Waals surface area contributed by atoms with Crippen LogP contribution in [0.1, 0.15) is 22.8 Å². The van der Waals surface area contributed by atoms with Gasteiger partial charge < -0.3 is 49.6 Å². The van der Waals surface area contributed by atoms with E-state index < -0.39 is 41.6 Å². The maximum Gasteiger partial charge on any atom is 0.348 e. The number of carboxylic acid groups (broad SMARTS) is 3. The highest BCUT2D eigenvalue weighted by atomic mass is 16.5. The lowest BCUT2D eigenvalue weighted by Crippen LogP contribution is -2.34. The molecule has 0 aromatic heterocycles. The molecular weight excluding hydrogens is 568 g/mol. The minimum Gasteiger partial charge on any atom is -0.504 e. The fourth-order valence-electron chi connectivity index (χ4n) is 4.03. The van der Waals surface area contributed by atoms with Crippen molar-refractivity contribution in [2.75, 3.05) is 21.3 Å². The average Bonchev–Trinajstić information content (AvgIpc) is 2.98. The molecule has 3 aromatic rings. The third-order valence-corrected chi connectivity index (χ3v) is 6.07. The molecule has 0 aliphatic carbocycles. The summed E-state index contributed by atoms with van der Waals surface area (Å²) in [6, 6.07) is 9.29. The second-order valence-corrected chi connectivity index (χ2v) is 8.81. The molecule has 0 aliphatic rings. The minimum absolute atomic E-state index is 0.0475. The highest BCUT2D eigenvalue weighted by Gasteiger charge is 2.33. The number of aliphatic hydroxyl groups is 1. The summed E-state index contributed by atoms with van der Waals surface area (Å²) in [5.74, 6) is -5.16. The maximum atomic E-state index is 12.3. The van der Waals surface area contributed by atoms with Gasteiger partial charge in [0.25, 0.3) is 0 Å². The van der Waals surface area contributed by atoms with Gasteiger partial charge in [0.2, 0.25) is 6.10 Å². The average molecular weight is 597 g/mol. The summed E-state index contributed by atoms with van der Waals surface area (Å²) in [6.45, 7) is 0. The Morgan fingerprint density at radius 2 is 1.19 bits per heavy atom. The van der Waals surface area contributed by atoms with Crippen molar-refractivity contribution >= 4 is 30.1 Å². The topological polar surface area (TPSA) is 210 Å². The smallest absolute Gasteiger partial charge is 0.348 e. The fourth-order valence-corrected chi connectivity index (χ4v) is 4.03. The van der Waals surface area contributed by atoms with Crippen molar-refractivity contribution in [3.8, 4) is 45.6 Å². The quantitative estimate of drug-likeness (QED) is 0.156. The van der Waals surface area contributed by atoms with E-state index in [4.69, 9.17) is 29.2 Å². The fraction of sp³-hybridized carbons (Fsp3) is 0.167. The van der Waals surface area contributed by atoms with Crippen molar-refractivity contribution in [3.63, 3.8) is 0 Å². The van der Waals surface area contributed by atoms with Crippen LogP contribution in [0.15, 0.2) is 54.6 Å². The molecule has 0 fully saturated rings. The van der Waals surface area contributed by atoms with Crippen LogP contribution in [-0.2, 0) is 14.4 Å². The Kier molecular flexibility index (Phi) is 10.2. The van der Waals surface area contributed by atoms with E-state index in [9.17, 15) is 34.8 Å². The summed E-state index contributed by atoms with van der Waals surface area (Å²) < 4.78 is 21.3. The number of hydrogen-bond donors (Lipinski definition) is 6. The Morgan fingerprint density at radius 1 is 0.674 bits per heavy atom. The number of carbonyl (C=O) groups is 3. The number of phenolic OH excluding ortho intramolecular Hbond substituents is 2. The van der Waals surface area contributed by atoms with Crippen LogP contribution >= 0.6 is 0 Å². The zero-order chi connectivity index (χ0) is 31.8. The summed E-state index contributed by atoms with van der Waals surface area (Å²) in [5, 5.41) is 60.8. The van der Waals surface area contributed by atoms with Gasteiger partial charge in [0.05, 0.1) is 21.3 Å². The van der Waals surface area contributed by atoms with Crippen LogP contribution < -0.4 is 18.9 Å². The standard InChI is InChI=1S/C30H28O13/c1-40-21-11-15(5-8-24(31)32)4-7-20(21)43-29(30(38)39)26(35)17-13-19(28(37)23(14-17)42-3)18-10-16(6-9-25(33)34)12-22(41-2)27(18)36/h4-14,26,29,35-37H,1-3H3,(H,31,32)(H,33,34)(H,38,39). The number of hydrogen-bond acceptors (Lipinski definition) is 10. The molecule has 43 heavy (non-hydrogen) atoms. The lowest BCUT2D eigenvalue weighted by atomic mass is 9.94. The Morgan fingerprint density at radius 3 is 1.72 bits per heavy atom. The number of carboxylic acids is 3. The van der Waals surface area contributed by atoms with E-state index in [1.807, 2.05) is 0 Å². The number of rotatable bonds is 13. The molecule has 2 unspecified atom stereocenters. The first-order chi connectivity index (χ1) is 20.4. The largest absolute Gasteiger partial charge is 0.504 e. The molecule has 3 rings (SSSR count). The zero-order valence-corrected chi connectivity index (χ0v) is 23.0.